The molecule has 0 radical (unpaired) electrons. The summed E-state index contributed by atoms with van der Waals surface area (Å²) in [5.74, 6) is -0.312. The Morgan fingerprint density at radius 1 is 1.24 bits per heavy atom. The zero-order valence-electron chi connectivity index (χ0n) is 13.3. The first-order valence-electron chi connectivity index (χ1n) is 8.13. The molecule has 2 rings (SSSR count). The van der Waals surface area contributed by atoms with Crippen molar-refractivity contribution >= 4 is 5.97 Å². The van der Waals surface area contributed by atoms with Gasteiger partial charge in [-0.1, -0.05) is 56.5 Å². The highest BCUT2D eigenvalue weighted by atomic mass is 16.5. The summed E-state index contributed by atoms with van der Waals surface area (Å²) in [7, 11) is 1.48. The molecule has 1 aliphatic carbocycles. The molecule has 1 aliphatic rings. The molecular formula is C18H27NO2. The zero-order chi connectivity index (χ0) is 15.1. The topological polar surface area (TPSA) is 29.5 Å². The Hall–Kier alpha value is -1.35. The molecule has 21 heavy (non-hydrogen) atoms. The van der Waals surface area contributed by atoms with E-state index in [0.717, 1.165) is 18.7 Å². The first-order valence-corrected chi connectivity index (χ1v) is 8.13. The van der Waals surface area contributed by atoms with E-state index in [4.69, 9.17) is 4.74 Å². The summed E-state index contributed by atoms with van der Waals surface area (Å²) in [5, 5.41) is 0. The molecule has 1 atom stereocenters. The first-order chi connectivity index (χ1) is 10.3. The lowest BCUT2D eigenvalue weighted by Crippen LogP contribution is -2.41. The summed E-state index contributed by atoms with van der Waals surface area (Å²) in [6.07, 6.45) is 6.50. The van der Waals surface area contributed by atoms with Crippen LogP contribution in [-0.2, 0) is 9.53 Å². The van der Waals surface area contributed by atoms with E-state index in [-0.39, 0.29) is 11.9 Å². The maximum atomic E-state index is 12.2. The Balaban J connectivity index is 2.11. The Labute approximate surface area is 128 Å². The Bertz CT molecular complexity index is 426. The zero-order valence-corrected chi connectivity index (χ0v) is 13.3. The summed E-state index contributed by atoms with van der Waals surface area (Å²) < 4.78 is 5.03. The van der Waals surface area contributed by atoms with Gasteiger partial charge in [0.2, 0.25) is 0 Å². The van der Waals surface area contributed by atoms with E-state index in [1.165, 1.54) is 39.2 Å². The number of benzene rings is 1. The van der Waals surface area contributed by atoms with Gasteiger partial charge in [0.1, 0.15) is 0 Å². The van der Waals surface area contributed by atoms with E-state index in [0.29, 0.717) is 6.04 Å². The van der Waals surface area contributed by atoms with Gasteiger partial charge in [-0.25, -0.2) is 0 Å². The van der Waals surface area contributed by atoms with E-state index in [1.54, 1.807) is 0 Å². The second kappa shape index (κ2) is 8.18. The number of carbonyl (C=O) groups is 1. The van der Waals surface area contributed by atoms with Crippen LogP contribution in [0.25, 0.3) is 0 Å². The van der Waals surface area contributed by atoms with Crippen LogP contribution >= 0.6 is 0 Å². The highest BCUT2D eigenvalue weighted by molar-refractivity contribution is 5.78. The van der Waals surface area contributed by atoms with Gasteiger partial charge >= 0.3 is 5.97 Å². The smallest absolute Gasteiger partial charge is 0.314 e. The Morgan fingerprint density at radius 2 is 1.90 bits per heavy atom. The van der Waals surface area contributed by atoms with Crippen LogP contribution in [0, 0.1) is 0 Å². The fourth-order valence-electron chi connectivity index (χ4n) is 3.36. The van der Waals surface area contributed by atoms with Crippen molar-refractivity contribution in [1.29, 1.82) is 0 Å². The predicted molar refractivity (Wildman–Crippen MR) is 85.3 cm³/mol. The molecule has 0 aromatic heterocycles. The molecule has 116 valence electrons. The number of esters is 1. The summed E-state index contributed by atoms with van der Waals surface area (Å²) in [6, 6.07) is 10.6. The molecule has 0 spiro atoms. The van der Waals surface area contributed by atoms with Crippen molar-refractivity contribution in [2.45, 2.75) is 51.0 Å². The van der Waals surface area contributed by atoms with Crippen LogP contribution in [-0.4, -0.2) is 37.1 Å². The van der Waals surface area contributed by atoms with E-state index in [1.807, 2.05) is 30.3 Å². The molecule has 3 heteroatoms. The Kier molecular flexibility index (Phi) is 6.24. The fourth-order valence-corrected chi connectivity index (χ4v) is 3.36. The van der Waals surface area contributed by atoms with Crippen molar-refractivity contribution in [2.75, 3.05) is 20.2 Å². The molecule has 1 aromatic rings. The largest absolute Gasteiger partial charge is 0.469 e. The molecule has 0 aliphatic heterocycles. The van der Waals surface area contributed by atoms with Gasteiger partial charge in [0.05, 0.1) is 13.0 Å². The van der Waals surface area contributed by atoms with Crippen molar-refractivity contribution in [3.8, 4) is 0 Å². The van der Waals surface area contributed by atoms with Crippen molar-refractivity contribution < 1.29 is 9.53 Å². The van der Waals surface area contributed by atoms with Gasteiger partial charge in [-0.3, -0.25) is 9.69 Å². The molecule has 0 amide bonds. The van der Waals surface area contributed by atoms with Crippen LogP contribution in [0.2, 0.25) is 0 Å². The number of hydrogen-bond donors (Lipinski definition) is 0. The van der Waals surface area contributed by atoms with Crippen LogP contribution in [0.15, 0.2) is 30.3 Å². The third-order valence-electron chi connectivity index (χ3n) is 4.60. The molecule has 1 saturated carbocycles. The summed E-state index contributed by atoms with van der Waals surface area (Å²) >= 11 is 0. The van der Waals surface area contributed by atoms with Gasteiger partial charge in [0, 0.05) is 12.6 Å². The molecule has 0 N–H and O–H groups in total. The predicted octanol–water partition coefficient (Wildman–Crippen LogP) is 3.60. The number of nitrogens with zero attached hydrogens (tertiary/aromatic N) is 1. The van der Waals surface area contributed by atoms with Crippen LogP contribution < -0.4 is 0 Å². The molecule has 0 heterocycles. The van der Waals surface area contributed by atoms with Crippen molar-refractivity contribution in [2.24, 2.45) is 0 Å². The average Bonchev–Trinajstić information content (AvgIpc) is 2.57. The van der Waals surface area contributed by atoms with Gasteiger partial charge in [-0.2, -0.15) is 0 Å². The van der Waals surface area contributed by atoms with Crippen molar-refractivity contribution in [1.82, 2.24) is 4.90 Å². The molecule has 0 bridgehead atoms. The number of ether oxygens (including phenoxy) is 1. The van der Waals surface area contributed by atoms with Crippen LogP contribution in [0.5, 0.6) is 0 Å². The minimum absolute atomic E-state index is 0.129. The lowest BCUT2D eigenvalue weighted by atomic mass is 9.92. The van der Waals surface area contributed by atoms with Crippen LogP contribution in [0.3, 0.4) is 0 Å². The van der Waals surface area contributed by atoms with Crippen LogP contribution in [0.4, 0.5) is 0 Å². The molecule has 0 saturated heterocycles. The van der Waals surface area contributed by atoms with E-state index in [9.17, 15) is 4.79 Å². The first kappa shape index (κ1) is 16.0. The van der Waals surface area contributed by atoms with E-state index >= 15 is 0 Å². The monoisotopic (exact) mass is 289 g/mol. The van der Waals surface area contributed by atoms with Crippen molar-refractivity contribution in [3.05, 3.63) is 35.9 Å². The molecule has 1 aromatic carbocycles. The number of rotatable bonds is 6. The second-order valence-corrected chi connectivity index (χ2v) is 5.87. The highest BCUT2D eigenvalue weighted by Gasteiger charge is 2.27. The quantitative estimate of drug-likeness (QED) is 0.749. The summed E-state index contributed by atoms with van der Waals surface area (Å²) in [5.41, 5.74) is 1.05. The fraction of sp³-hybridized carbons (Fsp3) is 0.611. The Morgan fingerprint density at radius 3 is 2.48 bits per heavy atom. The number of hydrogen-bond acceptors (Lipinski definition) is 3. The lowest BCUT2D eigenvalue weighted by Gasteiger charge is -2.35. The van der Waals surface area contributed by atoms with Gasteiger partial charge in [0.25, 0.3) is 0 Å². The summed E-state index contributed by atoms with van der Waals surface area (Å²) in [6.45, 7) is 3.94. The van der Waals surface area contributed by atoms with E-state index < -0.39 is 0 Å². The van der Waals surface area contributed by atoms with Crippen molar-refractivity contribution in [3.63, 3.8) is 0 Å². The maximum absolute atomic E-state index is 12.2. The van der Waals surface area contributed by atoms with Gasteiger partial charge < -0.3 is 4.74 Å². The molecular weight excluding hydrogens is 262 g/mol. The molecule has 1 fully saturated rings. The van der Waals surface area contributed by atoms with E-state index in [2.05, 4.69) is 11.8 Å². The molecule has 1 unspecified atom stereocenters. The average molecular weight is 289 g/mol. The maximum Gasteiger partial charge on any atom is 0.314 e. The minimum Gasteiger partial charge on any atom is -0.469 e. The third kappa shape index (κ3) is 4.31. The third-order valence-corrected chi connectivity index (χ3v) is 4.60. The molecule has 3 nitrogen and oxygen atoms in total. The normalized spacial score (nSPS) is 17.7. The highest BCUT2D eigenvalue weighted by Crippen LogP contribution is 2.26. The SMILES string of the molecule is CCN(CC(C(=O)OC)c1ccccc1)C1CCCCC1. The van der Waals surface area contributed by atoms with Crippen LogP contribution in [0.1, 0.15) is 50.5 Å². The number of methoxy groups -OCH3 is 1. The number of likely N-dealkylation sites (N-methyl/N-ethyl adjacent to an activating group) is 1. The van der Waals surface area contributed by atoms with Gasteiger partial charge in [-0.15, -0.1) is 0 Å². The standard InChI is InChI=1S/C18H27NO2/c1-3-19(16-12-8-5-9-13-16)14-17(18(20)21-2)15-10-6-4-7-11-15/h4,6-7,10-11,16-17H,3,5,8-9,12-14H2,1-2H3. The van der Waals surface area contributed by atoms with Gasteiger partial charge in [-0.05, 0) is 24.9 Å². The minimum atomic E-state index is -0.182. The van der Waals surface area contributed by atoms with Gasteiger partial charge in [0.15, 0.2) is 0 Å². The second-order valence-electron chi connectivity index (χ2n) is 5.87. The summed E-state index contributed by atoms with van der Waals surface area (Å²) in [4.78, 5) is 14.7. The number of carbonyl (C=O) groups excluding carboxylic acids is 1. The lowest BCUT2D eigenvalue weighted by molar-refractivity contribution is -0.143.